The number of carboxylic acids is 1. The molecule has 20 heavy (non-hydrogen) atoms. The van der Waals surface area contributed by atoms with Gasteiger partial charge in [0, 0.05) is 19.0 Å². The summed E-state index contributed by atoms with van der Waals surface area (Å²) in [5.41, 5.74) is 0.363. The highest BCUT2D eigenvalue weighted by atomic mass is 35.5. The van der Waals surface area contributed by atoms with E-state index in [-0.39, 0.29) is 13.0 Å². The number of nitrogens with one attached hydrogen (secondary N) is 2. The Morgan fingerprint density at radius 1 is 1.45 bits per heavy atom. The van der Waals surface area contributed by atoms with Crippen LogP contribution in [0.5, 0.6) is 5.75 Å². The number of carboxylic acid groups (broad SMARTS) is 1. The van der Waals surface area contributed by atoms with Crippen molar-refractivity contribution in [1.29, 1.82) is 0 Å². The first kappa shape index (κ1) is 16.1. The van der Waals surface area contributed by atoms with Crippen molar-refractivity contribution in [1.82, 2.24) is 5.32 Å². The summed E-state index contributed by atoms with van der Waals surface area (Å²) in [7, 11) is 1.49. The number of halogens is 1. The van der Waals surface area contributed by atoms with Gasteiger partial charge < -0.3 is 25.6 Å². The van der Waals surface area contributed by atoms with Gasteiger partial charge in [-0.1, -0.05) is 11.6 Å². The molecule has 0 saturated carbocycles. The number of rotatable bonds is 6. The van der Waals surface area contributed by atoms with E-state index in [0.717, 1.165) is 0 Å². The van der Waals surface area contributed by atoms with Gasteiger partial charge in [0.05, 0.1) is 17.8 Å². The van der Waals surface area contributed by atoms with Crippen LogP contribution in [-0.2, 0) is 4.79 Å². The second kappa shape index (κ2) is 7.56. The van der Waals surface area contributed by atoms with Crippen molar-refractivity contribution in [3.05, 3.63) is 23.2 Å². The number of carbonyl (C=O) groups is 2. The van der Waals surface area contributed by atoms with Crippen LogP contribution >= 0.6 is 11.6 Å². The molecule has 0 aliphatic heterocycles. The van der Waals surface area contributed by atoms with Crippen LogP contribution in [0.25, 0.3) is 0 Å². The standard InChI is InChI=1S/C12H15ClN2O5/c1-20-7-2-3-8(13)9(6-7)15-12(19)14-5-4-10(16)11(17)18/h2-3,6,10,16H,4-5H2,1H3,(H,17,18)(H2,14,15,19). The largest absolute Gasteiger partial charge is 0.497 e. The number of urea groups is 1. The van der Waals surface area contributed by atoms with Crippen molar-refractivity contribution in [3.63, 3.8) is 0 Å². The first-order chi connectivity index (χ1) is 9.43. The molecule has 8 heteroatoms. The zero-order valence-corrected chi connectivity index (χ0v) is 11.5. The van der Waals surface area contributed by atoms with E-state index < -0.39 is 18.1 Å². The van der Waals surface area contributed by atoms with Crippen LogP contribution in [0.3, 0.4) is 0 Å². The Balaban J connectivity index is 2.48. The molecule has 1 aromatic rings. The highest BCUT2D eigenvalue weighted by molar-refractivity contribution is 6.33. The van der Waals surface area contributed by atoms with E-state index in [4.69, 9.17) is 26.6 Å². The molecule has 0 spiro atoms. The number of aliphatic hydroxyl groups is 1. The number of amides is 2. The van der Waals surface area contributed by atoms with Crippen LogP contribution in [0.4, 0.5) is 10.5 Å². The summed E-state index contributed by atoms with van der Waals surface area (Å²) in [5.74, 6) is -0.797. The van der Waals surface area contributed by atoms with Crippen LogP contribution in [0.1, 0.15) is 6.42 Å². The van der Waals surface area contributed by atoms with Crippen LogP contribution in [0, 0.1) is 0 Å². The predicted molar refractivity (Wildman–Crippen MR) is 73.3 cm³/mol. The van der Waals surface area contributed by atoms with E-state index in [1.807, 2.05) is 0 Å². The van der Waals surface area contributed by atoms with Crippen molar-refractivity contribution in [2.45, 2.75) is 12.5 Å². The number of hydrogen-bond acceptors (Lipinski definition) is 4. The number of anilines is 1. The second-order valence-electron chi connectivity index (χ2n) is 3.87. The van der Waals surface area contributed by atoms with Gasteiger partial charge in [-0.05, 0) is 12.1 Å². The third kappa shape index (κ3) is 4.94. The van der Waals surface area contributed by atoms with Gasteiger partial charge >= 0.3 is 12.0 Å². The third-order valence-corrected chi connectivity index (χ3v) is 2.74. The summed E-state index contributed by atoms with van der Waals surface area (Å²) in [5, 5.41) is 22.7. The lowest BCUT2D eigenvalue weighted by molar-refractivity contribution is -0.146. The number of carbonyl (C=O) groups excluding carboxylic acids is 1. The molecule has 0 aliphatic rings. The third-order valence-electron chi connectivity index (χ3n) is 2.41. The normalized spacial score (nSPS) is 11.6. The number of aliphatic carboxylic acids is 1. The maximum Gasteiger partial charge on any atom is 0.332 e. The van der Waals surface area contributed by atoms with Crippen molar-refractivity contribution in [2.75, 3.05) is 19.0 Å². The van der Waals surface area contributed by atoms with Crippen molar-refractivity contribution >= 4 is 29.3 Å². The number of aliphatic hydroxyl groups excluding tert-OH is 1. The Hall–Kier alpha value is -1.99. The lowest BCUT2D eigenvalue weighted by atomic mass is 10.2. The average Bonchev–Trinajstić information content (AvgIpc) is 2.41. The quantitative estimate of drug-likeness (QED) is 0.633. The van der Waals surface area contributed by atoms with Gasteiger partial charge in [0.15, 0.2) is 6.10 Å². The fraction of sp³-hybridized carbons (Fsp3) is 0.333. The van der Waals surface area contributed by atoms with E-state index >= 15 is 0 Å². The Labute approximate surface area is 120 Å². The van der Waals surface area contributed by atoms with Crippen LogP contribution in [0.15, 0.2) is 18.2 Å². The molecule has 2 amide bonds. The minimum absolute atomic E-state index is 0.0148. The molecule has 1 rings (SSSR count). The number of hydrogen-bond donors (Lipinski definition) is 4. The first-order valence-electron chi connectivity index (χ1n) is 5.73. The Morgan fingerprint density at radius 3 is 2.75 bits per heavy atom. The van der Waals surface area contributed by atoms with Crippen molar-refractivity contribution in [2.24, 2.45) is 0 Å². The summed E-state index contributed by atoms with van der Waals surface area (Å²) in [6, 6.07) is 4.21. The van der Waals surface area contributed by atoms with Gasteiger partial charge in [-0.25, -0.2) is 9.59 Å². The maximum absolute atomic E-state index is 11.6. The highest BCUT2D eigenvalue weighted by Gasteiger charge is 2.13. The Kier molecular flexibility index (Phi) is 6.08. The zero-order chi connectivity index (χ0) is 15.1. The molecule has 0 saturated heterocycles. The van der Waals surface area contributed by atoms with E-state index in [9.17, 15) is 9.59 Å². The van der Waals surface area contributed by atoms with Crippen LogP contribution in [0.2, 0.25) is 5.02 Å². The molecule has 0 aliphatic carbocycles. The monoisotopic (exact) mass is 302 g/mol. The molecule has 0 aromatic heterocycles. The molecule has 0 heterocycles. The van der Waals surface area contributed by atoms with Crippen LogP contribution < -0.4 is 15.4 Å². The maximum atomic E-state index is 11.6. The second-order valence-corrected chi connectivity index (χ2v) is 4.28. The summed E-state index contributed by atoms with van der Waals surface area (Å²) in [6.45, 7) is 0.0148. The smallest absolute Gasteiger partial charge is 0.332 e. The Morgan fingerprint density at radius 2 is 2.15 bits per heavy atom. The lowest BCUT2D eigenvalue weighted by Crippen LogP contribution is -2.33. The minimum Gasteiger partial charge on any atom is -0.497 e. The van der Waals surface area contributed by atoms with Gasteiger partial charge in [0.2, 0.25) is 0 Å². The molecular weight excluding hydrogens is 288 g/mol. The highest BCUT2D eigenvalue weighted by Crippen LogP contribution is 2.26. The summed E-state index contributed by atoms with van der Waals surface area (Å²) in [6.07, 6.45) is -1.59. The number of ether oxygens (including phenoxy) is 1. The molecule has 0 fully saturated rings. The molecule has 1 unspecified atom stereocenters. The first-order valence-corrected chi connectivity index (χ1v) is 6.11. The van der Waals surface area contributed by atoms with E-state index in [0.29, 0.717) is 16.5 Å². The van der Waals surface area contributed by atoms with Crippen LogP contribution in [-0.4, -0.2) is 42.0 Å². The predicted octanol–water partition coefficient (Wildman–Crippen LogP) is 1.31. The van der Waals surface area contributed by atoms with E-state index in [1.54, 1.807) is 18.2 Å². The van der Waals surface area contributed by atoms with Gasteiger partial charge in [0.25, 0.3) is 0 Å². The molecule has 1 atom stereocenters. The fourth-order valence-corrected chi connectivity index (χ4v) is 1.50. The van der Waals surface area contributed by atoms with Crippen molar-refractivity contribution in [3.8, 4) is 5.75 Å². The molecule has 4 N–H and O–H groups in total. The molecule has 110 valence electrons. The lowest BCUT2D eigenvalue weighted by Gasteiger charge is -2.11. The molecule has 0 radical (unpaired) electrons. The molecular formula is C12H15ClN2O5. The molecule has 7 nitrogen and oxygen atoms in total. The number of benzene rings is 1. The van der Waals surface area contributed by atoms with Gasteiger partial charge in [0.1, 0.15) is 5.75 Å². The molecule has 1 aromatic carbocycles. The van der Waals surface area contributed by atoms with Gasteiger partial charge in [-0.15, -0.1) is 0 Å². The summed E-state index contributed by atoms with van der Waals surface area (Å²) in [4.78, 5) is 21.9. The van der Waals surface area contributed by atoms with E-state index in [1.165, 1.54) is 7.11 Å². The molecule has 0 bridgehead atoms. The van der Waals surface area contributed by atoms with E-state index in [2.05, 4.69) is 10.6 Å². The summed E-state index contributed by atoms with van der Waals surface area (Å²) >= 11 is 5.91. The Bertz CT molecular complexity index is 495. The van der Waals surface area contributed by atoms with Gasteiger partial charge in [-0.3, -0.25) is 0 Å². The minimum atomic E-state index is -1.50. The van der Waals surface area contributed by atoms with Crippen molar-refractivity contribution < 1.29 is 24.5 Å². The SMILES string of the molecule is COc1ccc(Cl)c(NC(=O)NCCC(O)C(=O)O)c1. The average molecular weight is 303 g/mol. The fourth-order valence-electron chi connectivity index (χ4n) is 1.34. The number of methoxy groups -OCH3 is 1. The van der Waals surface area contributed by atoms with Gasteiger partial charge in [-0.2, -0.15) is 0 Å². The summed E-state index contributed by atoms with van der Waals surface area (Å²) < 4.78 is 5.00. The zero-order valence-electron chi connectivity index (χ0n) is 10.7. The topological polar surface area (TPSA) is 108 Å².